The van der Waals surface area contributed by atoms with Crippen molar-refractivity contribution in [1.29, 1.82) is 0 Å². The third kappa shape index (κ3) is 2.85. The molecule has 0 aliphatic rings. The molecule has 3 rings (SSSR count). The Hall–Kier alpha value is -2.60. The number of aromatic nitrogens is 2. The number of hydrogen-bond acceptors (Lipinski definition) is 3. The summed E-state index contributed by atoms with van der Waals surface area (Å²) in [5.74, 6) is -2.03. The molecule has 1 N–H and O–H groups in total. The molecule has 1 aromatic heterocycles. The second kappa shape index (κ2) is 5.89. The van der Waals surface area contributed by atoms with E-state index in [1.807, 2.05) is 13.0 Å². The Bertz CT molecular complexity index is 938. The molecule has 1 heterocycles. The fourth-order valence-corrected chi connectivity index (χ4v) is 2.48. The number of para-hydroxylation sites is 1. The topological polar surface area (TPSA) is 55.1 Å². The lowest BCUT2D eigenvalue weighted by molar-refractivity contribution is 0.154. The van der Waals surface area contributed by atoms with Gasteiger partial charge in [0.15, 0.2) is 11.6 Å². The van der Waals surface area contributed by atoms with Crippen LogP contribution in [0.2, 0.25) is 0 Å². The standard InChI is InChI=1S/C17H14F2N2O2/c1-10-3-2-4-12-16(10)20-9-21(17(12)23)8-15(22)11-5-6-13(18)14(19)7-11/h2-7,9,15,22H,8H2,1H3. The van der Waals surface area contributed by atoms with E-state index in [1.54, 1.807) is 12.1 Å². The van der Waals surface area contributed by atoms with E-state index in [1.165, 1.54) is 17.0 Å². The maximum Gasteiger partial charge on any atom is 0.261 e. The van der Waals surface area contributed by atoms with E-state index in [2.05, 4.69) is 4.98 Å². The number of aliphatic hydroxyl groups is 1. The second-order valence-electron chi connectivity index (χ2n) is 5.36. The van der Waals surface area contributed by atoms with E-state index in [4.69, 9.17) is 0 Å². The number of halogens is 2. The molecule has 0 bridgehead atoms. The van der Waals surface area contributed by atoms with Gasteiger partial charge in [0, 0.05) is 0 Å². The summed E-state index contributed by atoms with van der Waals surface area (Å²) in [4.78, 5) is 16.7. The Morgan fingerprint density at radius 3 is 2.74 bits per heavy atom. The van der Waals surface area contributed by atoms with Gasteiger partial charge in [-0.2, -0.15) is 0 Å². The molecule has 1 atom stereocenters. The lowest BCUT2D eigenvalue weighted by Crippen LogP contribution is -2.24. The summed E-state index contributed by atoms with van der Waals surface area (Å²) in [6.45, 7) is 1.76. The van der Waals surface area contributed by atoms with Gasteiger partial charge in [-0.05, 0) is 36.2 Å². The monoisotopic (exact) mass is 316 g/mol. The van der Waals surface area contributed by atoms with Crippen molar-refractivity contribution in [1.82, 2.24) is 9.55 Å². The lowest BCUT2D eigenvalue weighted by Gasteiger charge is -2.14. The summed E-state index contributed by atoms with van der Waals surface area (Å²) in [6.07, 6.45) is 0.202. The summed E-state index contributed by atoms with van der Waals surface area (Å²) in [6, 6.07) is 8.43. The molecule has 0 fully saturated rings. The average Bonchev–Trinajstić information content (AvgIpc) is 2.53. The van der Waals surface area contributed by atoms with Gasteiger partial charge in [0.05, 0.1) is 29.9 Å². The van der Waals surface area contributed by atoms with Crippen molar-refractivity contribution in [3.05, 3.63) is 75.8 Å². The third-order valence-corrected chi connectivity index (χ3v) is 3.75. The van der Waals surface area contributed by atoms with Crippen LogP contribution in [0.1, 0.15) is 17.2 Å². The molecule has 1 unspecified atom stereocenters. The molecule has 6 heteroatoms. The number of fused-ring (bicyclic) bond motifs is 1. The molecule has 0 amide bonds. The zero-order valence-electron chi connectivity index (χ0n) is 12.3. The second-order valence-corrected chi connectivity index (χ2v) is 5.36. The zero-order chi connectivity index (χ0) is 16.6. The van der Waals surface area contributed by atoms with E-state index >= 15 is 0 Å². The van der Waals surface area contributed by atoms with Crippen molar-refractivity contribution < 1.29 is 13.9 Å². The number of hydrogen-bond donors (Lipinski definition) is 1. The van der Waals surface area contributed by atoms with Gasteiger partial charge in [0.25, 0.3) is 5.56 Å². The lowest BCUT2D eigenvalue weighted by atomic mass is 10.1. The van der Waals surface area contributed by atoms with Gasteiger partial charge in [0.1, 0.15) is 0 Å². The van der Waals surface area contributed by atoms with Crippen molar-refractivity contribution in [2.24, 2.45) is 0 Å². The first kappa shape index (κ1) is 15.3. The van der Waals surface area contributed by atoms with Crippen LogP contribution in [0.4, 0.5) is 8.78 Å². The van der Waals surface area contributed by atoms with E-state index in [9.17, 15) is 18.7 Å². The van der Waals surface area contributed by atoms with E-state index in [0.29, 0.717) is 10.9 Å². The molecular formula is C17H14F2N2O2. The van der Waals surface area contributed by atoms with Gasteiger partial charge in [0.2, 0.25) is 0 Å². The summed E-state index contributed by atoms with van der Waals surface area (Å²) in [7, 11) is 0. The molecule has 118 valence electrons. The van der Waals surface area contributed by atoms with Crippen molar-refractivity contribution in [2.45, 2.75) is 19.6 Å². The van der Waals surface area contributed by atoms with E-state index in [-0.39, 0.29) is 17.7 Å². The van der Waals surface area contributed by atoms with Gasteiger partial charge >= 0.3 is 0 Å². The molecule has 0 aliphatic heterocycles. The van der Waals surface area contributed by atoms with Crippen LogP contribution in [0.5, 0.6) is 0 Å². The molecular weight excluding hydrogens is 302 g/mol. The quantitative estimate of drug-likeness (QED) is 0.808. The van der Waals surface area contributed by atoms with Crippen LogP contribution in [0.3, 0.4) is 0 Å². The van der Waals surface area contributed by atoms with Crippen LogP contribution in [0.25, 0.3) is 10.9 Å². The highest BCUT2D eigenvalue weighted by Crippen LogP contribution is 2.18. The minimum Gasteiger partial charge on any atom is -0.387 e. The molecule has 0 aliphatic carbocycles. The molecule has 0 radical (unpaired) electrons. The van der Waals surface area contributed by atoms with Gasteiger partial charge in [-0.25, -0.2) is 13.8 Å². The van der Waals surface area contributed by atoms with Crippen LogP contribution < -0.4 is 5.56 Å². The Morgan fingerprint density at radius 1 is 1.22 bits per heavy atom. The first-order valence-electron chi connectivity index (χ1n) is 7.05. The highest BCUT2D eigenvalue weighted by atomic mass is 19.2. The molecule has 4 nitrogen and oxygen atoms in total. The highest BCUT2D eigenvalue weighted by molar-refractivity contribution is 5.80. The molecule has 3 aromatic rings. The van der Waals surface area contributed by atoms with E-state index in [0.717, 1.165) is 17.7 Å². The highest BCUT2D eigenvalue weighted by Gasteiger charge is 2.14. The first-order valence-corrected chi connectivity index (χ1v) is 7.05. The average molecular weight is 316 g/mol. The van der Waals surface area contributed by atoms with Crippen LogP contribution >= 0.6 is 0 Å². The largest absolute Gasteiger partial charge is 0.387 e. The van der Waals surface area contributed by atoms with Gasteiger partial charge in [-0.15, -0.1) is 0 Å². The Labute approximate surface area is 130 Å². The SMILES string of the molecule is Cc1cccc2c(=O)n(CC(O)c3ccc(F)c(F)c3)cnc12. The number of benzene rings is 2. The predicted octanol–water partition coefficient (Wildman–Crippen LogP) is 2.72. The number of rotatable bonds is 3. The third-order valence-electron chi connectivity index (χ3n) is 3.75. The normalized spacial score (nSPS) is 12.5. The molecule has 0 saturated carbocycles. The summed E-state index contributed by atoms with van der Waals surface area (Å²) >= 11 is 0. The molecule has 2 aromatic carbocycles. The molecule has 23 heavy (non-hydrogen) atoms. The van der Waals surface area contributed by atoms with Gasteiger partial charge < -0.3 is 5.11 Å². The summed E-state index contributed by atoms with van der Waals surface area (Å²) < 4.78 is 27.4. The first-order chi connectivity index (χ1) is 11.0. The maximum atomic E-state index is 13.2. The van der Waals surface area contributed by atoms with Crippen molar-refractivity contribution in [3.8, 4) is 0 Å². The Kier molecular flexibility index (Phi) is 3.92. The van der Waals surface area contributed by atoms with Gasteiger partial charge in [-0.3, -0.25) is 9.36 Å². The van der Waals surface area contributed by atoms with Crippen LogP contribution in [0.15, 0.2) is 47.5 Å². The maximum absolute atomic E-state index is 13.2. The Morgan fingerprint density at radius 2 is 2.00 bits per heavy atom. The minimum atomic E-state index is -1.15. The zero-order valence-corrected chi connectivity index (χ0v) is 12.3. The summed E-state index contributed by atoms with van der Waals surface area (Å²) in [5.41, 5.74) is 1.39. The van der Waals surface area contributed by atoms with Crippen molar-refractivity contribution >= 4 is 10.9 Å². The smallest absolute Gasteiger partial charge is 0.261 e. The number of aryl methyl sites for hydroxylation is 1. The van der Waals surface area contributed by atoms with Crippen molar-refractivity contribution in [2.75, 3.05) is 0 Å². The van der Waals surface area contributed by atoms with E-state index < -0.39 is 17.7 Å². The molecule has 0 spiro atoms. The van der Waals surface area contributed by atoms with Crippen molar-refractivity contribution in [3.63, 3.8) is 0 Å². The minimum absolute atomic E-state index is 0.0964. The van der Waals surface area contributed by atoms with Gasteiger partial charge in [-0.1, -0.05) is 18.2 Å². The van der Waals surface area contributed by atoms with Crippen LogP contribution in [-0.4, -0.2) is 14.7 Å². The Balaban J connectivity index is 1.96. The van der Waals surface area contributed by atoms with Crippen LogP contribution in [0, 0.1) is 18.6 Å². The van der Waals surface area contributed by atoms with Crippen LogP contribution in [-0.2, 0) is 6.54 Å². The number of aliphatic hydroxyl groups excluding tert-OH is 1. The fourth-order valence-electron chi connectivity index (χ4n) is 2.48. The number of nitrogens with zero attached hydrogens (tertiary/aromatic N) is 2. The predicted molar refractivity (Wildman–Crippen MR) is 82.1 cm³/mol. The summed E-state index contributed by atoms with van der Waals surface area (Å²) in [5, 5.41) is 10.6. The fraction of sp³-hybridized carbons (Fsp3) is 0.176. The molecule has 0 saturated heterocycles.